The molecule has 0 unspecified atom stereocenters. The minimum absolute atomic E-state index is 0.145. The van der Waals surface area contributed by atoms with Crippen LogP contribution < -0.4 is 0 Å². The van der Waals surface area contributed by atoms with Gasteiger partial charge in [0.1, 0.15) is 6.33 Å². The normalized spacial score (nSPS) is 18.1. The zero-order valence-corrected chi connectivity index (χ0v) is 18.3. The fraction of sp³-hybridized carbons (Fsp3) is 0.455. The molecule has 0 atom stereocenters. The summed E-state index contributed by atoms with van der Waals surface area (Å²) in [7, 11) is 1.72. The van der Waals surface area contributed by atoms with Gasteiger partial charge in [0, 0.05) is 55.1 Å². The van der Waals surface area contributed by atoms with Crippen LogP contribution in [0.3, 0.4) is 0 Å². The number of hydrogen-bond acceptors (Lipinski definition) is 5. The molecule has 0 radical (unpaired) electrons. The van der Waals surface area contributed by atoms with Gasteiger partial charge in [0.2, 0.25) is 0 Å². The molecule has 2 aliphatic rings. The standard InChI is InChI=1S/C22H27N5O2S/c1-16-5-9-24(10-6-16)22(28)17-3-4-20-18(13-17)19-14-25(29-2)11-7-21(19)27(20)30-26-12-8-23-15-26/h3-4,8,12-13,15-16H,5-7,9-11,14H2,1-2H3. The molecule has 5 rings (SSSR count). The van der Waals surface area contributed by atoms with Crippen molar-refractivity contribution < 1.29 is 9.63 Å². The third kappa shape index (κ3) is 3.53. The number of hydroxylamine groups is 2. The first-order valence-corrected chi connectivity index (χ1v) is 11.3. The highest BCUT2D eigenvalue weighted by Crippen LogP contribution is 2.35. The van der Waals surface area contributed by atoms with E-state index in [0.29, 0.717) is 5.92 Å². The molecule has 2 aliphatic heterocycles. The molecule has 1 fully saturated rings. The lowest BCUT2D eigenvalue weighted by molar-refractivity contribution is -0.141. The maximum atomic E-state index is 13.2. The Bertz CT molecular complexity index is 1050. The topological polar surface area (TPSA) is 55.5 Å². The Balaban J connectivity index is 1.54. The van der Waals surface area contributed by atoms with Crippen LogP contribution in [0.2, 0.25) is 0 Å². The predicted octanol–water partition coefficient (Wildman–Crippen LogP) is 3.59. The molecular formula is C22H27N5O2S. The molecule has 0 bridgehead atoms. The lowest BCUT2D eigenvalue weighted by Gasteiger charge is -2.30. The van der Waals surface area contributed by atoms with Crippen molar-refractivity contribution in [1.82, 2.24) is 22.9 Å². The smallest absolute Gasteiger partial charge is 0.253 e. The number of imidazole rings is 1. The van der Waals surface area contributed by atoms with Crippen molar-refractivity contribution >= 4 is 28.9 Å². The van der Waals surface area contributed by atoms with E-state index in [0.717, 1.165) is 61.9 Å². The second kappa shape index (κ2) is 8.09. The van der Waals surface area contributed by atoms with Crippen LogP contribution in [0.15, 0.2) is 36.9 Å². The van der Waals surface area contributed by atoms with Gasteiger partial charge < -0.3 is 9.74 Å². The fourth-order valence-corrected chi connectivity index (χ4v) is 5.40. The summed E-state index contributed by atoms with van der Waals surface area (Å²) in [6.07, 6.45) is 8.61. The lowest BCUT2D eigenvalue weighted by Crippen LogP contribution is -2.37. The Labute approximate surface area is 180 Å². The number of likely N-dealkylation sites (tertiary alicyclic amines) is 1. The molecule has 7 nitrogen and oxygen atoms in total. The van der Waals surface area contributed by atoms with E-state index in [9.17, 15) is 4.79 Å². The molecule has 30 heavy (non-hydrogen) atoms. The summed E-state index contributed by atoms with van der Waals surface area (Å²) in [5.74, 6) is 0.852. The van der Waals surface area contributed by atoms with Crippen molar-refractivity contribution in [2.45, 2.75) is 32.7 Å². The second-order valence-corrected chi connectivity index (χ2v) is 9.18. The van der Waals surface area contributed by atoms with Crippen LogP contribution in [0.5, 0.6) is 0 Å². The van der Waals surface area contributed by atoms with Crippen LogP contribution in [0.4, 0.5) is 0 Å². The molecule has 0 saturated carbocycles. The van der Waals surface area contributed by atoms with E-state index in [4.69, 9.17) is 4.84 Å². The number of hydrogen-bond donors (Lipinski definition) is 0. The number of carbonyl (C=O) groups is 1. The van der Waals surface area contributed by atoms with Crippen molar-refractivity contribution in [3.8, 4) is 0 Å². The fourth-order valence-electron chi connectivity index (χ4n) is 4.46. The van der Waals surface area contributed by atoms with Crippen molar-refractivity contribution in [2.75, 3.05) is 26.7 Å². The van der Waals surface area contributed by atoms with Gasteiger partial charge in [-0.25, -0.2) is 4.98 Å². The first-order valence-electron chi connectivity index (χ1n) is 10.6. The minimum Gasteiger partial charge on any atom is -0.339 e. The summed E-state index contributed by atoms with van der Waals surface area (Å²) in [4.78, 5) is 24.9. The van der Waals surface area contributed by atoms with Gasteiger partial charge in [-0.1, -0.05) is 6.92 Å². The Morgan fingerprint density at radius 2 is 2.07 bits per heavy atom. The highest BCUT2D eigenvalue weighted by Gasteiger charge is 2.27. The van der Waals surface area contributed by atoms with Gasteiger partial charge in [-0.2, -0.15) is 5.06 Å². The van der Waals surface area contributed by atoms with Crippen LogP contribution in [-0.2, 0) is 17.8 Å². The first kappa shape index (κ1) is 19.7. The largest absolute Gasteiger partial charge is 0.339 e. The number of fused-ring (bicyclic) bond motifs is 3. The Morgan fingerprint density at radius 3 is 2.80 bits per heavy atom. The summed E-state index contributed by atoms with van der Waals surface area (Å²) in [5.41, 5.74) is 4.43. The molecule has 1 aromatic carbocycles. The molecule has 1 amide bonds. The van der Waals surface area contributed by atoms with E-state index >= 15 is 0 Å². The lowest BCUT2D eigenvalue weighted by atomic mass is 9.98. The van der Waals surface area contributed by atoms with Crippen molar-refractivity contribution in [1.29, 1.82) is 0 Å². The summed E-state index contributed by atoms with van der Waals surface area (Å²) >= 11 is 1.61. The number of carbonyl (C=O) groups excluding carboxylic acids is 1. The number of benzene rings is 1. The zero-order chi connectivity index (χ0) is 20.7. The zero-order valence-electron chi connectivity index (χ0n) is 17.5. The molecule has 3 aromatic rings. The molecule has 2 aromatic heterocycles. The number of nitrogens with zero attached hydrogens (tertiary/aromatic N) is 5. The van der Waals surface area contributed by atoms with Crippen molar-refractivity contribution in [3.63, 3.8) is 0 Å². The Kier molecular flexibility index (Phi) is 5.30. The van der Waals surface area contributed by atoms with E-state index in [2.05, 4.69) is 28.0 Å². The Hall–Kier alpha value is -2.29. The maximum absolute atomic E-state index is 13.2. The molecule has 158 valence electrons. The van der Waals surface area contributed by atoms with E-state index in [1.165, 1.54) is 11.3 Å². The number of rotatable bonds is 4. The highest BCUT2D eigenvalue weighted by atomic mass is 32.2. The molecule has 0 spiro atoms. The summed E-state index contributed by atoms with van der Waals surface area (Å²) < 4.78 is 4.27. The van der Waals surface area contributed by atoms with Gasteiger partial charge in [0.15, 0.2) is 0 Å². The van der Waals surface area contributed by atoms with Crippen molar-refractivity contribution in [2.24, 2.45) is 5.92 Å². The van der Waals surface area contributed by atoms with Gasteiger partial charge in [0.05, 0.1) is 31.3 Å². The average molecular weight is 426 g/mol. The van der Waals surface area contributed by atoms with Crippen LogP contribution in [0.25, 0.3) is 10.9 Å². The van der Waals surface area contributed by atoms with Gasteiger partial charge in [0.25, 0.3) is 5.91 Å². The minimum atomic E-state index is 0.145. The van der Waals surface area contributed by atoms with E-state index in [-0.39, 0.29) is 5.91 Å². The van der Waals surface area contributed by atoms with Crippen LogP contribution in [-0.4, -0.2) is 55.5 Å². The van der Waals surface area contributed by atoms with Gasteiger partial charge in [-0.3, -0.25) is 12.7 Å². The predicted molar refractivity (Wildman–Crippen MR) is 118 cm³/mol. The monoisotopic (exact) mass is 425 g/mol. The molecule has 1 saturated heterocycles. The molecular weight excluding hydrogens is 398 g/mol. The van der Waals surface area contributed by atoms with E-state index in [1.54, 1.807) is 25.4 Å². The first-order chi connectivity index (χ1) is 14.6. The maximum Gasteiger partial charge on any atom is 0.253 e. The van der Waals surface area contributed by atoms with Gasteiger partial charge >= 0.3 is 0 Å². The van der Waals surface area contributed by atoms with Crippen LogP contribution in [0, 0.1) is 5.92 Å². The quantitative estimate of drug-likeness (QED) is 0.639. The van der Waals surface area contributed by atoms with E-state index in [1.807, 2.05) is 32.5 Å². The van der Waals surface area contributed by atoms with Crippen LogP contribution >= 0.6 is 12.1 Å². The van der Waals surface area contributed by atoms with Crippen LogP contribution in [0.1, 0.15) is 41.4 Å². The second-order valence-electron chi connectivity index (χ2n) is 8.23. The average Bonchev–Trinajstić information content (AvgIpc) is 3.40. The highest BCUT2D eigenvalue weighted by molar-refractivity contribution is 7.96. The van der Waals surface area contributed by atoms with Crippen molar-refractivity contribution in [3.05, 3.63) is 53.7 Å². The number of aromatic nitrogens is 3. The van der Waals surface area contributed by atoms with Gasteiger partial charge in [-0.05, 0) is 42.5 Å². The summed E-state index contributed by atoms with van der Waals surface area (Å²) in [6.45, 7) is 5.54. The van der Waals surface area contributed by atoms with Gasteiger partial charge in [-0.15, -0.1) is 0 Å². The molecule has 4 heterocycles. The third-order valence-corrected chi connectivity index (χ3v) is 7.28. The Morgan fingerprint density at radius 1 is 1.23 bits per heavy atom. The third-order valence-electron chi connectivity index (χ3n) is 6.30. The molecule has 0 N–H and O–H groups in total. The molecule has 0 aliphatic carbocycles. The summed E-state index contributed by atoms with van der Waals surface area (Å²) in [6, 6.07) is 6.15. The van der Waals surface area contributed by atoms with E-state index < -0.39 is 0 Å². The number of amides is 1. The number of piperidine rings is 1. The summed E-state index contributed by atoms with van der Waals surface area (Å²) in [5, 5.41) is 3.12. The molecule has 8 heteroatoms. The SMILES string of the molecule is CON1CCc2c(c3cc(C(=O)N4CCC(C)CC4)ccc3n2Sn2ccnc2)C1.